The van der Waals surface area contributed by atoms with Gasteiger partial charge in [-0.3, -0.25) is 9.69 Å². The lowest BCUT2D eigenvalue weighted by Gasteiger charge is -2.27. The number of fused-ring (bicyclic) bond motifs is 1. The minimum atomic E-state index is -0.00532. The van der Waals surface area contributed by atoms with Crippen molar-refractivity contribution in [1.82, 2.24) is 14.9 Å². The number of aromatic amines is 1. The molecule has 0 unspecified atom stereocenters. The Morgan fingerprint density at radius 1 is 1.04 bits per heavy atom. The number of rotatable bonds is 4. The van der Waals surface area contributed by atoms with E-state index in [0.29, 0.717) is 12.4 Å². The second kappa shape index (κ2) is 7.47. The first-order valence-corrected chi connectivity index (χ1v) is 11.0. The van der Waals surface area contributed by atoms with Crippen LogP contribution in [0.25, 0.3) is 21.1 Å². The number of hydrogen-bond acceptors (Lipinski definition) is 5. The van der Waals surface area contributed by atoms with Crippen LogP contribution < -0.4 is 5.56 Å². The van der Waals surface area contributed by atoms with E-state index in [-0.39, 0.29) is 5.56 Å². The molecule has 4 nitrogen and oxygen atoms in total. The van der Waals surface area contributed by atoms with E-state index in [1.165, 1.54) is 15.3 Å². The molecule has 0 atom stereocenters. The minimum absolute atomic E-state index is 0.00532. The summed E-state index contributed by atoms with van der Waals surface area (Å²) in [6.45, 7) is 2.44. The number of benzene rings is 1. The predicted molar refractivity (Wildman–Crippen MR) is 116 cm³/mol. The summed E-state index contributed by atoms with van der Waals surface area (Å²) in [6.07, 6.45) is 0.814. The zero-order valence-electron chi connectivity index (χ0n) is 15.2. The molecule has 6 heteroatoms. The van der Waals surface area contributed by atoms with Crippen molar-refractivity contribution in [2.45, 2.75) is 19.5 Å². The molecule has 4 heterocycles. The van der Waals surface area contributed by atoms with Crippen LogP contribution in [-0.4, -0.2) is 21.4 Å². The highest BCUT2D eigenvalue weighted by Gasteiger charge is 2.22. The van der Waals surface area contributed by atoms with Gasteiger partial charge in [0.25, 0.3) is 5.56 Å². The van der Waals surface area contributed by atoms with Crippen LogP contribution in [0.1, 0.15) is 16.1 Å². The molecule has 1 aliphatic rings. The Morgan fingerprint density at radius 2 is 1.93 bits per heavy atom. The van der Waals surface area contributed by atoms with E-state index in [1.54, 1.807) is 11.3 Å². The topological polar surface area (TPSA) is 49.0 Å². The van der Waals surface area contributed by atoms with Gasteiger partial charge in [-0.25, -0.2) is 4.98 Å². The zero-order valence-corrected chi connectivity index (χ0v) is 16.9. The largest absolute Gasteiger partial charge is 0.306 e. The monoisotopic (exact) mass is 405 g/mol. The second-order valence-corrected chi connectivity index (χ2v) is 9.03. The summed E-state index contributed by atoms with van der Waals surface area (Å²) in [5, 5.41) is 2.00. The van der Waals surface area contributed by atoms with Gasteiger partial charge in [-0.1, -0.05) is 36.4 Å². The molecule has 1 aromatic carbocycles. The van der Waals surface area contributed by atoms with Gasteiger partial charge in [-0.2, -0.15) is 0 Å². The summed E-state index contributed by atoms with van der Waals surface area (Å²) in [4.78, 5) is 26.3. The van der Waals surface area contributed by atoms with Crippen LogP contribution in [0.2, 0.25) is 0 Å². The molecule has 0 bridgehead atoms. The lowest BCUT2D eigenvalue weighted by Crippen LogP contribution is -2.35. The van der Waals surface area contributed by atoms with E-state index in [4.69, 9.17) is 4.98 Å². The van der Waals surface area contributed by atoms with Gasteiger partial charge in [0, 0.05) is 35.8 Å². The van der Waals surface area contributed by atoms with Gasteiger partial charge in [0.1, 0.15) is 0 Å². The Kier molecular flexibility index (Phi) is 4.68. The third kappa shape index (κ3) is 3.46. The van der Waals surface area contributed by atoms with E-state index in [9.17, 15) is 4.79 Å². The van der Waals surface area contributed by atoms with Crippen molar-refractivity contribution in [3.05, 3.63) is 86.5 Å². The van der Waals surface area contributed by atoms with E-state index >= 15 is 0 Å². The molecular weight excluding hydrogens is 386 g/mol. The molecular formula is C22H19N3OS2. The molecule has 0 amide bonds. The fraction of sp³-hybridized carbons (Fsp3) is 0.182. The van der Waals surface area contributed by atoms with Crippen LogP contribution in [0.4, 0.5) is 0 Å². The molecule has 0 aliphatic carbocycles. The van der Waals surface area contributed by atoms with Crippen LogP contribution >= 0.6 is 22.7 Å². The fourth-order valence-corrected chi connectivity index (χ4v) is 5.31. The summed E-state index contributed by atoms with van der Waals surface area (Å²) >= 11 is 3.42. The van der Waals surface area contributed by atoms with E-state index < -0.39 is 0 Å². The number of H-pyrrole nitrogens is 1. The molecule has 0 saturated carbocycles. The third-order valence-electron chi connectivity index (χ3n) is 5.00. The van der Waals surface area contributed by atoms with Crippen molar-refractivity contribution >= 4 is 22.7 Å². The molecule has 0 radical (unpaired) electrons. The average molecular weight is 406 g/mol. The number of nitrogens with zero attached hydrogens (tertiary/aromatic N) is 2. The highest BCUT2D eigenvalue weighted by Crippen LogP contribution is 2.29. The lowest BCUT2D eigenvalue weighted by atomic mass is 10.1. The van der Waals surface area contributed by atoms with Gasteiger partial charge in [-0.15, -0.1) is 22.7 Å². The fourth-order valence-electron chi connectivity index (χ4n) is 3.59. The van der Waals surface area contributed by atoms with E-state index in [0.717, 1.165) is 35.6 Å². The second-order valence-electron chi connectivity index (χ2n) is 6.91. The molecule has 0 saturated heterocycles. The van der Waals surface area contributed by atoms with Crippen molar-refractivity contribution < 1.29 is 0 Å². The van der Waals surface area contributed by atoms with Crippen LogP contribution in [0.15, 0.2) is 64.8 Å². The first kappa shape index (κ1) is 17.6. The van der Waals surface area contributed by atoms with Crippen LogP contribution in [0, 0.1) is 0 Å². The Balaban J connectivity index is 1.34. The molecule has 0 spiro atoms. The Bertz CT molecular complexity index is 1150. The molecule has 0 fully saturated rings. The van der Waals surface area contributed by atoms with Crippen molar-refractivity contribution in [2.24, 2.45) is 0 Å². The van der Waals surface area contributed by atoms with E-state index in [1.807, 2.05) is 34.9 Å². The molecule has 1 aliphatic heterocycles. The number of thiophene rings is 2. The number of aromatic nitrogens is 2. The third-order valence-corrected chi connectivity index (χ3v) is 7.00. The van der Waals surface area contributed by atoms with Crippen LogP contribution in [0.3, 0.4) is 0 Å². The van der Waals surface area contributed by atoms with Crippen molar-refractivity contribution in [2.75, 3.05) is 6.54 Å². The first-order chi connectivity index (χ1) is 13.8. The van der Waals surface area contributed by atoms with Crippen LogP contribution in [-0.2, 0) is 19.5 Å². The maximum atomic E-state index is 12.7. The summed E-state index contributed by atoms with van der Waals surface area (Å²) in [5.74, 6) is 0.693. The Labute approximate surface area is 171 Å². The Hall–Kier alpha value is -2.54. The van der Waals surface area contributed by atoms with Crippen molar-refractivity contribution in [3.8, 4) is 21.1 Å². The van der Waals surface area contributed by atoms with Gasteiger partial charge in [0.15, 0.2) is 5.82 Å². The lowest BCUT2D eigenvalue weighted by molar-refractivity contribution is 0.244. The molecule has 3 aromatic heterocycles. The van der Waals surface area contributed by atoms with Crippen LogP contribution in [0.5, 0.6) is 0 Å². The summed E-state index contributed by atoms with van der Waals surface area (Å²) in [7, 11) is 0. The SMILES string of the molecule is O=c1[nH]c(-c2cccs2)nc2c1CN(Cc1ccc(-c3ccccc3)s1)CC2. The van der Waals surface area contributed by atoms with Gasteiger partial charge >= 0.3 is 0 Å². The van der Waals surface area contributed by atoms with Crippen molar-refractivity contribution in [1.29, 1.82) is 0 Å². The van der Waals surface area contributed by atoms with Gasteiger partial charge in [-0.05, 0) is 29.1 Å². The van der Waals surface area contributed by atoms with Gasteiger partial charge in [0.2, 0.25) is 0 Å². The standard InChI is InChI=1S/C22H19N3OS2/c26-22-17-14-25(11-10-18(17)23-21(24-22)20-7-4-12-27-20)13-16-8-9-19(28-16)15-5-2-1-3-6-15/h1-9,12H,10-11,13-14H2,(H,23,24,26). The minimum Gasteiger partial charge on any atom is -0.306 e. The number of nitrogens with one attached hydrogen (secondary N) is 1. The number of hydrogen-bond donors (Lipinski definition) is 1. The van der Waals surface area contributed by atoms with Gasteiger partial charge in [0.05, 0.1) is 16.1 Å². The highest BCUT2D eigenvalue weighted by atomic mass is 32.1. The van der Waals surface area contributed by atoms with Gasteiger partial charge < -0.3 is 4.98 Å². The molecule has 1 N–H and O–H groups in total. The molecule has 140 valence electrons. The highest BCUT2D eigenvalue weighted by molar-refractivity contribution is 7.15. The normalized spacial score (nSPS) is 14.1. The molecule has 4 aromatic rings. The smallest absolute Gasteiger partial charge is 0.255 e. The average Bonchev–Trinajstić information content (AvgIpc) is 3.41. The van der Waals surface area contributed by atoms with E-state index in [2.05, 4.69) is 46.3 Å². The predicted octanol–water partition coefficient (Wildman–Crippen LogP) is 4.79. The van der Waals surface area contributed by atoms with Crippen molar-refractivity contribution in [3.63, 3.8) is 0 Å². The quantitative estimate of drug-likeness (QED) is 0.531. The molecule has 5 rings (SSSR count). The molecule has 28 heavy (non-hydrogen) atoms. The maximum Gasteiger partial charge on any atom is 0.255 e. The Morgan fingerprint density at radius 3 is 2.75 bits per heavy atom. The first-order valence-electron chi connectivity index (χ1n) is 9.29. The summed E-state index contributed by atoms with van der Waals surface area (Å²) < 4.78 is 0. The summed E-state index contributed by atoms with van der Waals surface area (Å²) in [5.41, 5.74) is 3.00. The summed E-state index contributed by atoms with van der Waals surface area (Å²) in [6, 6.07) is 18.8. The zero-order chi connectivity index (χ0) is 18.9. The maximum absolute atomic E-state index is 12.7.